The van der Waals surface area contributed by atoms with Crippen LogP contribution in [0.25, 0.3) is 0 Å². The summed E-state index contributed by atoms with van der Waals surface area (Å²) < 4.78 is 0. The molecule has 1 fully saturated rings. The molecule has 0 spiro atoms. The Labute approximate surface area is 220 Å². The summed E-state index contributed by atoms with van der Waals surface area (Å²) in [5.41, 5.74) is 3.15. The summed E-state index contributed by atoms with van der Waals surface area (Å²) in [4.78, 5) is 45.8. The predicted octanol–water partition coefficient (Wildman–Crippen LogP) is 4.31. The molecular formula is C31H39N3O3. The second kappa shape index (κ2) is 11.3. The molecule has 1 heterocycles. The monoisotopic (exact) mass is 501 g/mol. The third kappa shape index (κ3) is 5.48. The maximum atomic E-state index is 14.6. The molecule has 2 aromatic rings. The first-order valence-corrected chi connectivity index (χ1v) is 13.4. The predicted molar refractivity (Wildman–Crippen MR) is 146 cm³/mol. The highest BCUT2D eigenvalue weighted by Gasteiger charge is 2.52. The van der Waals surface area contributed by atoms with E-state index < -0.39 is 18.1 Å². The molecule has 0 aromatic heterocycles. The molecule has 1 aliphatic heterocycles. The van der Waals surface area contributed by atoms with Gasteiger partial charge in [0.05, 0.1) is 0 Å². The van der Waals surface area contributed by atoms with Crippen molar-refractivity contribution < 1.29 is 14.4 Å². The molecule has 3 atom stereocenters. The normalized spacial score (nSPS) is 20.9. The molecule has 37 heavy (non-hydrogen) atoms. The fraction of sp³-hybridized carbons (Fsp3) is 0.452. The molecule has 1 aliphatic carbocycles. The van der Waals surface area contributed by atoms with Gasteiger partial charge in [-0.25, -0.2) is 0 Å². The van der Waals surface area contributed by atoms with Crippen molar-refractivity contribution in [3.8, 4) is 0 Å². The number of benzene rings is 2. The molecule has 6 heteroatoms. The van der Waals surface area contributed by atoms with E-state index in [0.717, 1.165) is 12.8 Å². The zero-order valence-electron chi connectivity index (χ0n) is 22.4. The lowest BCUT2D eigenvalue weighted by molar-refractivity contribution is -0.169. The van der Waals surface area contributed by atoms with E-state index in [1.807, 2.05) is 70.2 Å². The van der Waals surface area contributed by atoms with Crippen LogP contribution in [0.5, 0.6) is 0 Å². The van der Waals surface area contributed by atoms with Crippen molar-refractivity contribution in [1.82, 2.24) is 15.1 Å². The maximum absolute atomic E-state index is 14.6. The van der Waals surface area contributed by atoms with E-state index in [0.29, 0.717) is 18.5 Å². The van der Waals surface area contributed by atoms with Crippen LogP contribution in [-0.2, 0) is 27.2 Å². The van der Waals surface area contributed by atoms with E-state index >= 15 is 0 Å². The summed E-state index contributed by atoms with van der Waals surface area (Å²) in [6, 6.07) is 15.2. The highest BCUT2D eigenvalue weighted by Crippen LogP contribution is 2.38. The van der Waals surface area contributed by atoms with Gasteiger partial charge in [-0.1, -0.05) is 74.5 Å². The Morgan fingerprint density at radius 3 is 2.11 bits per heavy atom. The molecule has 2 aromatic carbocycles. The quantitative estimate of drug-likeness (QED) is 0.521. The first-order valence-electron chi connectivity index (χ1n) is 13.4. The number of piperazine rings is 1. The number of hydrogen-bond acceptors (Lipinski definition) is 3. The number of carbonyl (C=O) groups excluding carboxylic acids is 3. The van der Waals surface area contributed by atoms with Gasteiger partial charge in [0.15, 0.2) is 0 Å². The van der Waals surface area contributed by atoms with Crippen molar-refractivity contribution in [3.63, 3.8) is 0 Å². The number of amides is 3. The Bertz CT molecular complexity index is 1120. The van der Waals surface area contributed by atoms with Gasteiger partial charge >= 0.3 is 0 Å². The molecule has 0 unspecified atom stereocenters. The van der Waals surface area contributed by atoms with Crippen LogP contribution in [-0.4, -0.2) is 52.2 Å². The van der Waals surface area contributed by atoms with Gasteiger partial charge in [0.2, 0.25) is 17.7 Å². The third-order valence-electron chi connectivity index (χ3n) is 7.37. The zero-order valence-corrected chi connectivity index (χ0v) is 22.4. The Kier molecular flexibility index (Phi) is 8.16. The Morgan fingerprint density at radius 2 is 1.57 bits per heavy atom. The second-order valence-corrected chi connectivity index (χ2v) is 11.0. The summed E-state index contributed by atoms with van der Waals surface area (Å²) in [5, 5.41) is 3.01. The highest BCUT2D eigenvalue weighted by molar-refractivity contribution is 6.00. The summed E-state index contributed by atoms with van der Waals surface area (Å²) in [6.07, 6.45) is 3.63. The van der Waals surface area contributed by atoms with Crippen LogP contribution in [0.1, 0.15) is 56.8 Å². The second-order valence-electron chi connectivity index (χ2n) is 11.0. The zero-order chi connectivity index (χ0) is 26.7. The van der Waals surface area contributed by atoms with Crippen molar-refractivity contribution in [2.24, 2.45) is 11.8 Å². The average molecular weight is 502 g/mol. The molecular weight excluding hydrogens is 462 g/mol. The lowest BCUT2D eigenvalue weighted by Crippen LogP contribution is -2.68. The minimum Gasteiger partial charge on any atom is -0.352 e. The Balaban J connectivity index is 1.82. The molecule has 4 rings (SSSR count). The van der Waals surface area contributed by atoms with Crippen LogP contribution < -0.4 is 5.32 Å². The Hall–Kier alpha value is -3.41. The van der Waals surface area contributed by atoms with E-state index in [2.05, 4.69) is 24.0 Å². The summed E-state index contributed by atoms with van der Waals surface area (Å²) in [7, 11) is 0. The fourth-order valence-electron chi connectivity index (χ4n) is 5.91. The van der Waals surface area contributed by atoms with Gasteiger partial charge in [-0.15, -0.1) is 6.58 Å². The smallest absolute Gasteiger partial charge is 0.247 e. The number of hydrogen-bond donors (Lipinski definition) is 1. The highest BCUT2D eigenvalue weighted by atomic mass is 16.2. The molecule has 6 nitrogen and oxygen atoms in total. The number of carbonyl (C=O) groups is 3. The van der Waals surface area contributed by atoms with Gasteiger partial charge in [-0.3, -0.25) is 14.4 Å². The molecule has 0 bridgehead atoms. The number of nitrogens with zero attached hydrogens (tertiary/aromatic N) is 2. The lowest BCUT2D eigenvalue weighted by Gasteiger charge is -2.49. The first-order chi connectivity index (χ1) is 17.7. The van der Waals surface area contributed by atoms with E-state index in [-0.39, 0.29) is 35.6 Å². The van der Waals surface area contributed by atoms with E-state index in [9.17, 15) is 14.4 Å². The largest absolute Gasteiger partial charge is 0.352 e. The van der Waals surface area contributed by atoms with Crippen molar-refractivity contribution in [2.75, 3.05) is 6.54 Å². The minimum absolute atomic E-state index is 0.0547. The molecule has 196 valence electrons. The first kappa shape index (κ1) is 26.6. The molecule has 1 N–H and O–H groups in total. The summed E-state index contributed by atoms with van der Waals surface area (Å²) >= 11 is 0. The number of fused-ring (bicyclic) bond motifs is 1. The topological polar surface area (TPSA) is 69.7 Å². The summed E-state index contributed by atoms with van der Waals surface area (Å²) in [6.45, 7) is 12.1. The van der Waals surface area contributed by atoms with Crippen LogP contribution in [0.4, 0.5) is 0 Å². The standard InChI is InChI=1S/C31H39N3O3/c1-6-16-33-28(25-18-23-14-10-11-15-24(23)19-25)31(37)34(26(30(33)36)17-20(2)3)27(29(35)32-21(4)5)22-12-8-7-9-13-22/h6-15,20-21,25-28H,1,16-19H2,2-5H3,(H,32,35)/t26-,27-,28-/m1/s1. The van der Waals surface area contributed by atoms with Gasteiger partial charge in [0, 0.05) is 12.6 Å². The molecule has 2 aliphatic rings. The van der Waals surface area contributed by atoms with Gasteiger partial charge in [-0.2, -0.15) is 0 Å². The van der Waals surface area contributed by atoms with Gasteiger partial charge < -0.3 is 15.1 Å². The van der Waals surface area contributed by atoms with Crippen LogP contribution in [0.15, 0.2) is 67.3 Å². The van der Waals surface area contributed by atoms with Crippen molar-refractivity contribution in [2.45, 2.75) is 71.1 Å². The summed E-state index contributed by atoms with van der Waals surface area (Å²) in [5.74, 6) is -0.417. The Morgan fingerprint density at radius 1 is 0.973 bits per heavy atom. The van der Waals surface area contributed by atoms with Crippen molar-refractivity contribution >= 4 is 17.7 Å². The maximum Gasteiger partial charge on any atom is 0.247 e. The molecule has 0 radical (unpaired) electrons. The lowest BCUT2D eigenvalue weighted by atomic mass is 9.86. The molecule has 0 saturated carbocycles. The van der Waals surface area contributed by atoms with E-state index in [4.69, 9.17) is 0 Å². The van der Waals surface area contributed by atoms with Crippen molar-refractivity contribution in [3.05, 3.63) is 83.9 Å². The minimum atomic E-state index is -0.888. The van der Waals surface area contributed by atoms with E-state index in [1.54, 1.807) is 15.9 Å². The van der Waals surface area contributed by atoms with Gasteiger partial charge in [0.1, 0.15) is 18.1 Å². The number of nitrogens with one attached hydrogen (secondary N) is 1. The van der Waals surface area contributed by atoms with Crippen molar-refractivity contribution in [1.29, 1.82) is 0 Å². The molecule has 3 amide bonds. The van der Waals surface area contributed by atoms with Gasteiger partial charge in [-0.05, 0) is 61.6 Å². The third-order valence-corrected chi connectivity index (χ3v) is 7.37. The van der Waals surface area contributed by atoms with Gasteiger partial charge in [0.25, 0.3) is 0 Å². The van der Waals surface area contributed by atoms with Crippen LogP contribution in [0, 0.1) is 11.8 Å². The average Bonchev–Trinajstić information content (AvgIpc) is 3.28. The SMILES string of the molecule is C=CCN1C(=O)[C@@H](CC(C)C)N([C@@H](C(=O)NC(C)C)c2ccccc2)C(=O)[C@H]1C1Cc2ccccc2C1. The molecule has 1 saturated heterocycles. The van der Waals surface area contributed by atoms with Crippen LogP contribution in [0.3, 0.4) is 0 Å². The van der Waals surface area contributed by atoms with Crippen LogP contribution in [0.2, 0.25) is 0 Å². The fourth-order valence-corrected chi connectivity index (χ4v) is 5.91. The van der Waals surface area contributed by atoms with E-state index in [1.165, 1.54) is 11.1 Å². The number of rotatable bonds is 9. The van der Waals surface area contributed by atoms with Crippen LogP contribution >= 0.6 is 0 Å².